The van der Waals surface area contributed by atoms with Crippen molar-refractivity contribution in [2.24, 2.45) is 5.84 Å². The van der Waals surface area contributed by atoms with Gasteiger partial charge in [0.1, 0.15) is 0 Å². The van der Waals surface area contributed by atoms with Crippen molar-refractivity contribution in [3.05, 3.63) is 0 Å². The molecule has 3 nitrogen and oxygen atoms in total. The van der Waals surface area contributed by atoms with E-state index in [0.29, 0.717) is 25.6 Å². The lowest BCUT2D eigenvalue weighted by atomic mass is 10.7. The first-order chi connectivity index (χ1) is 3.91. The Hall–Kier alpha value is 0.170. The summed E-state index contributed by atoms with van der Waals surface area (Å²) in [6.07, 6.45) is 0. The molecule has 0 aromatic carbocycles. The maximum Gasteiger partial charge on any atom is 0.0605 e. The summed E-state index contributed by atoms with van der Waals surface area (Å²) in [5.74, 6) is 5.49. The molecule has 8 heavy (non-hydrogen) atoms. The number of hydrazine groups is 1. The second kappa shape index (κ2) is 7.17. The van der Waals surface area contributed by atoms with Crippen molar-refractivity contribution in [2.45, 2.75) is 0 Å². The summed E-state index contributed by atoms with van der Waals surface area (Å²) in [4.78, 5) is 0. The van der Waals surface area contributed by atoms with Gasteiger partial charge in [-0.15, -0.1) is 11.6 Å². The van der Waals surface area contributed by atoms with Crippen LogP contribution in [0.4, 0.5) is 0 Å². The fourth-order valence-corrected chi connectivity index (χ4v) is 0.397. The maximum atomic E-state index is 5.30. The highest BCUT2D eigenvalue weighted by Crippen LogP contribution is 1.75. The molecule has 0 spiro atoms. The van der Waals surface area contributed by atoms with Crippen LogP contribution in [0, 0.1) is 0 Å². The normalized spacial score (nSPS) is 9.75. The number of hydrogen-bond donors (Lipinski definition) is 2. The third-order valence-corrected chi connectivity index (χ3v) is 0.767. The minimum absolute atomic E-state index is 0.546. The van der Waals surface area contributed by atoms with E-state index in [-0.39, 0.29) is 0 Å². The maximum absolute atomic E-state index is 5.30. The second-order valence-corrected chi connectivity index (χ2v) is 1.63. The average Bonchev–Trinajstić information content (AvgIpc) is 1.81. The first-order valence-electron chi connectivity index (χ1n) is 2.49. The highest BCUT2D eigenvalue weighted by molar-refractivity contribution is 6.17. The van der Waals surface area contributed by atoms with Crippen LogP contribution < -0.4 is 11.3 Å². The summed E-state index contributed by atoms with van der Waals surface area (Å²) in [7, 11) is 0. The quantitative estimate of drug-likeness (QED) is 0.238. The second-order valence-electron chi connectivity index (χ2n) is 1.26. The van der Waals surface area contributed by atoms with E-state index < -0.39 is 0 Å². The van der Waals surface area contributed by atoms with Crippen molar-refractivity contribution in [2.75, 3.05) is 25.6 Å². The highest BCUT2D eigenvalue weighted by atomic mass is 35.5. The van der Waals surface area contributed by atoms with Gasteiger partial charge < -0.3 is 4.74 Å². The molecule has 0 heterocycles. The Morgan fingerprint density at radius 3 is 2.75 bits per heavy atom. The Morgan fingerprint density at radius 2 is 2.25 bits per heavy atom. The average molecular weight is 139 g/mol. The number of ether oxygens (including phenoxy) is 1. The van der Waals surface area contributed by atoms with Gasteiger partial charge in [-0.05, 0) is 0 Å². The molecule has 0 amide bonds. The van der Waals surface area contributed by atoms with Crippen LogP contribution in [0.25, 0.3) is 0 Å². The fourth-order valence-electron chi connectivity index (χ4n) is 0.288. The van der Waals surface area contributed by atoms with E-state index in [0.717, 1.165) is 0 Å². The zero-order valence-corrected chi connectivity index (χ0v) is 5.45. The van der Waals surface area contributed by atoms with E-state index in [4.69, 9.17) is 22.2 Å². The molecule has 0 radical (unpaired) electrons. The Kier molecular flexibility index (Phi) is 7.32. The summed E-state index contributed by atoms with van der Waals surface area (Å²) < 4.78 is 4.95. The van der Waals surface area contributed by atoms with Gasteiger partial charge >= 0.3 is 0 Å². The van der Waals surface area contributed by atoms with E-state index >= 15 is 0 Å². The van der Waals surface area contributed by atoms with Gasteiger partial charge in [-0.3, -0.25) is 11.3 Å². The molecule has 0 bridgehead atoms. The monoisotopic (exact) mass is 138 g/mol. The SMILES string of the molecule is NNCCOCCCl. The van der Waals surface area contributed by atoms with Crippen molar-refractivity contribution in [3.8, 4) is 0 Å². The molecule has 0 unspecified atom stereocenters. The summed E-state index contributed by atoms with van der Waals surface area (Å²) >= 11 is 5.30. The first kappa shape index (κ1) is 8.17. The molecule has 0 aromatic heterocycles. The van der Waals surface area contributed by atoms with Gasteiger partial charge in [0, 0.05) is 12.4 Å². The van der Waals surface area contributed by atoms with Crippen LogP contribution in [0.5, 0.6) is 0 Å². The molecule has 0 rings (SSSR count). The van der Waals surface area contributed by atoms with E-state index in [1.807, 2.05) is 0 Å². The topological polar surface area (TPSA) is 47.3 Å². The van der Waals surface area contributed by atoms with Crippen LogP contribution >= 0.6 is 11.6 Å². The lowest BCUT2D eigenvalue weighted by Gasteiger charge is -1.98. The number of nitrogens with two attached hydrogens (primary N) is 1. The van der Waals surface area contributed by atoms with Crippen molar-refractivity contribution < 1.29 is 4.74 Å². The van der Waals surface area contributed by atoms with Crippen molar-refractivity contribution >= 4 is 11.6 Å². The van der Waals surface area contributed by atoms with Gasteiger partial charge in [-0.2, -0.15) is 0 Å². The van der Waals surface area contributed by atoms with Crippen molar-refractivity contribution in [3.63, 3.8) is 0 Å². The molecule has 50 valence electrons. The zero-order valence-electron chi connectivity index (χ0n) is 4.69. The third kappa shape index (κ3) is 6.17. The lowest BCUT2D eigenvalue weighted by molar-refractivity contribution is 0.151. The standard InChI is InChI=1S/C4H11ClN2O/c5-1-3-8-4-2-7-6/h7H,1-4,6H2. The summed E-state index contributed by atoms with van der Waals surface area (Å²) in [6.45, 7) is 1.91. The van der Waals surface area contributed by atoms with Crippen LogP contribution in [-0.4, -0.2) is 25.6 Å². The molecule has 0 saturated heterocycles. The summed E-state index contributed by atoms with van der Waals surface area (Å²) in [6, 6.07) is 0. The molecule has 4 heteroatoms. The predicted octanol–water partition coefficient (Wildman–Crippen LogP) is -0.295. The Labute approximate surface area is 54.1 Å². The van der Waals surface area contributed by atoms with Gasteiger partial charge in [-0.1, -0.05) is 0 Å². The van der Waals surface area contributed by atoms with E-state index in [1.54, 1.807) is 0 Å². The molecule has 3 N–H and O–H groups in total. The van der Waals surface area contributed by atoms with Gasteiger partial charge in [0.2, 0.25) is 0 Å². The van der Waals surface area contributed by atoms with Crippen LogP contribution in [0.1, 0.15) is 0 Å². The summed E-state index contributed by atoms with van der Waals surface area (Å²) in [5, 5.41) is 0. The fraction of sp³-hybridized carbons (Fsp3) is 1.00. The van der Waals surface area contributed by atoms with Crippen LogP contribution in [-0.2, 0) is 4.74 Å². The number of alkyl halides is 1. The zero-order chi connectivity index (χ0) is 6.24. The molecule has 0 saturated carbocycles. The number of rotatable bonds is 5. The first-order valence-corrected chi connectivity index (χ1v) is 3.02. The van der Waals surface area contributed by atoms with E-state index in [1.165, 1.54) is 0 Å². The predicted molar refractivity (Wildman–Crippen MR) is 33.7 cm³/mol. The van der Waals surface area contributed by atoms with Gasteiger partial charge in [-0.25, -0.2) is 0 Å². The molecule has 0 aliphatic carbocycles. The van der Waals surface area contributed by atoms with Crippen LogP contribution in [0.2, 0.25) is 0 Å². The minimum Gasteiger partial charge on any atom is -0.379 e. The van der Waals surface area contributed by atoms with Crippen molar-refractivity contribution in [1.29, 1.82) is 0 Å². The van der Waals surface area contributed by atoms with Crippen LogP contribution in [0.3, 0.4) is 0 Å². The summed E-state index contributed by atoms with van der Waals surface area (Å²) in [5.41, 5.74) is 2.46. The highest BCUT2D eigenvalue weighted by Gasteiger charge is 1.82. The molecule has 0 fully saturated rings. The van der Waals surface area contributed by atoms with Crippen molar-refractivity contribution in [1.82, 2.24) is 5.43 Å². The number of halogens is 1. The van der Waals surface area contributed by atoms with Gasteiger partial charge in [0.25, 0.3) is 0 Å². The number of nitrogens with one attached hydrogen (secondary N) is 1. The molecule has 0 atom stereocenters. The van der Waals surface area contributed by atoms with Gasteiger partial charge in [0.15, 0.2) is 0 Å². The molecule has 0 aliphatic heterocycles. The Balaban J connectivity index is 2.53. The molecule has 0 aliphatic rings. The number of hydrogen-bond acceptors (Lipinski definition) is 3. The van der Waals surface area contributed by atoms with E-state index in [9.17, 15) is 0 Å². The smallest absolute Gasteiger partial charge is 0.0605 e. The Morgan fingerprint density at radius 1 is 1.50 bits per heavy atom. The molecule has 0 aromatic rings. The van der Waals surface area contributed by atoms with E-state index in [2.05, 4.69) is 5.43 Å². The Bertz CT molecular complexity index is 39.0. The van der Waals surface area contributed by atoms with Crippen LogP contribution in [0.15, 0.2) is 0 Å². The van der Waals surface area contributed by atoms with Gasteiger partial charge in [0.05, 0.1) is 13.2 Å². The largest absolute Gasteiger partial charge is 0.379 e. The molecular formula is C4H11ClN2O. The minimum atomic E-state index is 0.546. The third-order valence-electron chi connectivity index (χ3n) is 0.612. The lowest BCUT2D eigenvalue weighted by Crippen LogP contribution is -2.26. The molecular weight excluding hydrogens is 128 g/mol.